The monoisotopic (exact) mass is 446 g/mol. The summed E-state index contributed by atoms with van der Waals surface area (Å²) in [4.78, 5) is 24.8. The number of piperazine rings is 1. The molecule has 9 nitrogen and oxygen atoms in total. The van der Waals surface area contributed by atoms with Gasteiger partial charge >= 0.3 is 0 Å². The van der Waals surface area contributed by atoms with Gasteiger partial charge in [-0.3, -0.25) is 9.89 Å². The minimum absolute atomic E-state index is 0.247. The first-order valence-electron chi connectivity index (χ1n) is 11.8. The lowest BCUT2D eigenvalue weighted by molar-refractivity contribution is 0.102. The van der Waals surface area contributed by atoms with Gasteiger partial charge in [0.15, 0.2) is 0 Å². The minimum atomic E-state index is -0.247. The zero-order chi connectivity index (χ0) is 22.6. The largest absolute Gasteiger partial charge is 0.369 e. The van der Waals surface area contributed by atoms with Crippen LogP contribution in [-0.4, -0.2) is 52.3 Å². The van der Waals surface area contributed by atoms with Crippen molar-refractivity contribution in [2.24, 2.45) is 0 Å². The molecule has 0 spiro atoms. The van der Waals surface area contributed by atoms with Crippen LogP contribution in [0.4, 0.5) is 22.9 Å². The fourth-order valence-corrected chi connectivity index (χ4v) is 4.46. The van der Waals surface area contributed by atoms with Gasteiger partial charge in [-0.2, -0.15) is 5.10 Å². The van der Waals surface area contributed by atoms with Gasteiger partial charge in [0.25, 0.3) is 5.91 Å². The highest BCUT2D eigenvalue weighted by Crippen LogP contribution is 2.29. The Kier molecular flexibility index (Phi) is 6.21. The van der Waals surface area contributed by atoms with E-state index in [1.807, 2.05) is 24.3 Å². The van der Waals surface area contributed by atoms with E-state index in [1.54, 1.807) is 6.20 Å². The Morgan fingerprint density at radius 2 is 1.88 bits per heavy atom. The molecule has 0 atom stereocenters. The number of nitrogens with one attached hydrogen (secondary N) is 4. The minimum Gasteiger partial charge on any atom is -0.369 e. The van der Waals surface area contributed by atoms with E-state index in [-0.39, 0.29) is 5.91 Å². The van der Waals surface area contributed by atoms with Gasteiger partial charge in [0.2, 0.25) is 0 Å². The molecule has 2 aliphatic rings. The summed E-state index contributed by atoms with van der Waals surface area (Å²) in [6, 6.07) is 7.97. The second-order valence-electron chi connectivity index (χ2n) is 8.50. The van der Waals surface area contributed by atoms with Crippen molar-refractivity contribution in [2.45, 2.75) is 39.0 Å². The molecule has 0 saturated carbocycles. The van der Waals surface area contributed by atoms with Gasteiger partial charge in [0.1, 0.15) is 17.3 Å². The molecular weight excluding hydrogens is 416 g/mol. The fraction of sp³-hybridized carbons (Fsp3) is 0.417. The van der Waals surface area contributed by atoms with E-state index in [1.165, 1.54) is 5.69 Å². The molecule has 172 valence electrons. The lowest BCUT2D eigenvalue weighted by Crippen LogP contribution is -2.43. The van der Waals surface area contributed by atoms with Gasteiger partial charge < -0.3 is 20.9 Å². The van der Waals surface area contributed by atoms with Crippen LogP contribution in [0.1, 0.15) is 47.3 Å². The Hall–Kier alpha value is -3.46. The molecule has 0 radical (unpaired) electrons. The summed E-state index contributed by atoms with van der Waals surface area (Å²) in [7, 11) is 0. The van der Waals surface area contributed by atoms with Gasteiger partial charge in [0, 0.05) is 55.2 Å². The van der Waals surface area contributed by atoms with Crippen LogP contribution >= 0.6 is 0 Å². The van der Waals surface area contributed by atoms with Crippen LogP contribution in [0.5, 0.6) is 0 Å². The number of nitrogens with zero attached hydrogens (tertiary/aromatic N) is 4. The summed E-state index contributed by atoms with van der Waals surface area (Å²) in [6.07, 6.45) is 6.59. The number of H-pyrrole nitrogens is 1. The van der Waals surface area contributed by atoms with Crippen LogP contribution in [0, 0.1) is 0 Å². The quantitative estimate of drug-likeness (QED) is 0.461. The second-order valence-corrected chi connectivity index (χ2v) is 8.50. The van der Waals surface area contributed by atoms with Crippen LogP contribution in [0.15, 0.2) is 30.5 Å². The predicted octanol–water partition coefficient (Wildman–Crippen LogP) is 3.05. The maximum Gasteiger partial charge on any atom is 0.275 e. The van der Waals surface area contributed by atoms with Crippen LogP contribution in [-0.2, 0) is 19.3 Å². The molecule has 4 N–H and O–H groups in total. The molecule has 1 aromatic carbocycles. The smallest absolute Gasteiger partial charge is 0.275 e. The molecule has 0 unspecified atom stereocenters. The maximum absolute atomic E-state index is 13.0. The number of anilines is 4. The molecule has 1 amide bonds. The van der Waals surface area contributed by atoms with Crippen molar-refractivity contribution in [1.82, 2.24) is 25.5 Å². The molecule has 5 rings (SSSR count). The number of fused-ring (bicyclic) bond motifs is 1. The summed E-state index contributed by atoms with van der Waals surface area (Å²) < 4.78 is 0. The number of aryl methyl sites for hydroxylation is 2. The third-order valence-corrected chi connectivity index (χ3v) is 6.27. The van der Waals surface area contributed by atoms with Gasteiger partial charge in [-0.05, 0) is 49.9 Å². The first-order valence-corrected chi connectivity index (χ1v) is 11.8. The summed E-state index contributed by atoms with van der Waals surface area (Å²) in [5.74, 6) is 1.35. The van der Waals surface area contributed by atoms with Gasteiger partial charge in [-0.25, -0.2) is 9.97 Å². The number of hydrogen-bond acceptors (Lipinski definition) is 7. The van der Waals surface area contributed by atoms with Crippen molar-refractivity contribution in [3.63, 3.8) is 0 Å². The van der Waals surface area contributed by atoms with Crippen LogP contribution in [0.25, 0.3) is 0 Å². The molecule has 2 aromatic heterocycles. The number of carbonyl (C=O) groups excluding carboxylic acids is 1. The molecule has 1 saturated heterocycles. The molecule has 1 fully saturated rings. The summed E-state index contributed by atoms with van der Waals surface area (Å²) in [6.45, 7) is 6.01. The standard InChI is InChI=1S/C24H30N8O/c1-2-21-28-19-6-4-3-5-18(19)23(30-21)29-20-15-26-31-22(20)24(33)27-16-7-9-17(10-8-16)32-13-11-25-12-14-32/h7-10,15,25H,2-6,11-14H2,1H3,(H,26,31)(H,27,33)(H,28,29,30). The van der Waals surface area contributed by atoms with Crippen molar-refractivity contribution < 1.29 is 4.79 Å². The number of hydrogen-bond donors (Lipinski definition) is 4. The highest BCUT2D eigenvalue weighted by molar-refractivity contribution is 6.06. The lowest BCUT2D eigenvalue weighted by Gasteiger charge is -2.29. The normalized spacial score (nSPS) is 15.7. The van der Waals surface area contributed by atoms with Crippen LogP contribution in [0.2, 0.25) is 0 Å². The first-order chi connectivity index (χ1) is 16.2. The van der Waals surface area contributed by atoms with E-state index in [0.29, 0.717) is 11.4 Å². The molecule has 9 heteroatoms. The molecule has 1 aliphatic heterocycles. The van der Waals surface area contributed by atoms with E-state index < -0.39 is 0 Å². The summed E-state index contributed by atoms with van der Waals surface area (Å²) >= 11 is 0. The molecule has 0 bridgehead atoms. The average molecular weight is 447 g/mol. The number of carbonyl (C=O) groups is 1. The summed E-state index contributed by atoms with van der Waals surface area (Å²) in [5.41, 5.74) is 5.16. The molecule has 1 aliphatic carbocycles. The van der Waals surface area contributed by atoms with Gasteiger partial charge in [-0.15, -0.1) is 0 Å². The fourth-order valence-electron chi connectivity index (χ4n) is 4.46. The third-order valence-electron chi connectivity index (χ3n) is 6.27. The average Bonchev–Trinajstić information content (AvgIpc) is 3.33. The second kappa shape index (κ2) is 9.58. The Labute approximate surface area is 193 Å². The van der Waals surface area contributed by atoms with Gasteiger partial charge in [-0.1, -0.05) is 6.92 Å². The number of benzene rings is 1. The number of aromatic amines is 1. The zero-order valence-corrected chi connectivity index (χ0v) is 18.9. The van der Waals surface area contributed by atoms with Crippen LogP contribution in [0.3, 0.4) is 0 Å². The topological polar surface area (TPSA) is 111 Å². The predicted molar refractivity (Wildman–Crippen MR) is 129 cm³/mol. The van der Waals surface area contributed by atoms with E-state index in [4.69, 9.17) is 9.97 Å². The van der Waals surface area contributed by atoms with Crippen molar-refractivity contribution >= 4 is 28.8 Å². The number of rotatable bonds is 6. The van der Waals surface area contributed by atoms with Crippen LogP contribution < -0.4 is 20.9 Å². The summed E-state index contributed by atoms with van der Waals surface area (Å²) in [5, 5.41) is 16.6. The highest BCUT2D eigenvalue weighted by Gasteiger charge is 2.21. The number of amides is 1. The molecule has 33 heavy (non-hydrogen) atoms. The molecule has 3 aromatic rings. The Bertz CT molecular complexity index is 1120. The van der Waals surface area contributed by atoms with E-state index in [9.17, 15) is 4.79 Å². The van der Waals surface area contributed by atoms with Crippen molar-refractivity contribution in [2.75, 3.05) is 41.7 Å². The molecule has 3 heterocycles. The maximum atomic E-state index is 13.0. The lowest BCUT2D eigenvalue weighted by atomic mass is 9.96. The van der Waals surface area contributed by atoms with Crippen molar-refractivity contribution in [1.29, 1.82) is 0 Å². The van der Waals surface area contributed by atoms with E-state index >= 15 is 0 Å². The Morgan fingerprint density at radius 3 is 2.67 bits per heavy atom. The number of aromatic nitrogens is 4. The van der Waals surface area contributed by atoms with E-state index in [2.05, 4.69) is 38.0 Å². The van der Waals surface area contributed by atoms with Crippen molar-refractivity contribution in [3.8, 4) is 0 Å². The molecular formula is C24H30N8O. The third kappa shape index (κ3) is 4.68. The Morgan fingerprint density at radius 1 is 1.09 bits per heavy atom. The zero-order valence-electron chi connectivity index (χ0n) is 18.9. The Balaban J connectivity index is 1.31. The highest BCUT2D eigenvalue weighted by atomic mass is 16.2. The van der Waals surface area contributed by atoms with Gasteiger partial charge in [0.05, 0.1) is 11.9 Å². The SMILES string of the molecule is CCc1nc2c(c(Nc3cn[nH]c3C(=O)Nc3ccc(N4CCNCC4)cc3)n1)CCCC2. The van der Waals surface area contributed by atoms with E-state index in [0.717, 1.165) is 86.9 Å². The first kappa shape index (κ1) is 21.4. The van der Waals surface area contributed by atoms with Crippen molar-refractivity contribution in [3.05, 3.63) is 53.2 Å².